The SMILES string of the molecule is CSCC[C@H](NC(=O)[C@H]1N2C(=O)c3ccccc3C2SC1(C)C)C(=O)NC1CCCC1. The molecule has 0 radical (unpaired) electrons. The molecule has 2 heterocycles. The summed E-state index contributed by atoms with van der Waals surface area (Å²) in [4.78, 5) is 41.3. The predicted octanol–water partition coefficient (Wildman–Crippen LogP) is 3.33. The van der Waals surface area contributed by atoms with Gasteiger partial charge in [0.15, 0.2) is 0 Å². The van der Waals surface area contributed by atoms with Crippen LogP contribution in [0.2, 0.25) is 0 Å². The molecule has 1 unspecified atom stereocenters. The number of carbonyl (C=O) groups is 3. The third-order valence-corrected chi connectivity index (χ3v) is 8.67. The second kappa shape index (κ2) is 9.06. The van der Waals surface area contributed by atoms with Crippen molar-refractivity contribution in [3.63, 3.8) is 0 Å². The first-order chi connectivity index (χ1) is 14.8. The summed E-state index contributed by atoms with van der Waals surface area (Å²) in [6, 6.07) is 6.59. The van der Waals surface area contributed by atoms with Crippen molar-refractivity contribution < 1.29 is 14.4 Å². The third-order valence-electron chi connectivity index (χ3n) is 6.49. The van der Waals surface area contributed by atoms with Crippen LogP contribution in [0.5, 0.6) is 0 Å². The molecule has 2 aliphatic heterocycles. The lowest BCUT2D eigenvalue weighted by atomic mass is 10.00. The van der Waals surface area contributed by atoms with Gasteiger partial charge >= 0.3 is 0 Å². The molecule has 1 aromatic carbocycles. The minimum Gasteiger partial charge on any atom is -0.352 e. The molecule has 1 saturated heterocycles. The average molecular weight is 462 g/mol. The van der Waals surface area contributed by atoms with Crippen LogP contribution < -0.4 is 10.6 Å². The molecule has 31 heavy (non-hydrogen) atoms. The number of rotatable bonds is 7. The molecular weight excluding hydrogens is 430 g/mol. The van der Waals surface area contributed by atoms with Gasteiger partial charge in [0.2, 0.25) is 11.8 Å². The number of nitrogens with one attached hydrogen (secondary N) is 2. The maximum atomic E-state index is 13.5. The smallest absolute Gasteiger partial charge is 0.256 e. The Balaban J connectivity index is 1.52. The van der Waals surface area contributed by atoms with Gasteiger partial charge in [0.05, 0.1) is 0 Å². The molecule has 3 amide bonds. The molecule has 0 spiro atoms. The Morgan fingerprint density at radius 3 is 2.68 bits per heavy atom. The normalized spacial score (nSPS) is 25.3. The minimum absolute atomic E-state index is 0.102. The summed E-state index contributed by atoms with van der Waals surface area (Å²) in [6.07, 6.45) is 6.85. The van der Waals surface area contributed by atoms with Crippen molar-refractivity contribution >= 4 is 41.2 Å². The van der Waals surface area contributed by atoms with Gasteiger partial charge in [-0.2, -0.15) is 11.8 Å². The predicted molar refractivity (Wildman–Crippen MR) is 126 cm³/mol. The Morgan fingerprint density at radius 2 is 1.97 bits per heavy atom. The maximum absolute atomic E-state index is 13.5. The molecule has 0 aromatic heterocycles. The van der Waals surface area contributed by atoms with E-state index in [1.807, 2.05) is 44.4 Å². The highest BCUT2D eigenvalue weighted by Gasteiger charge is 2.57. The second-order valence-electron chi connectivity index (χ2n) is 9.11. The summed E-state index contributed by atoms with van der Waals surface area (Å²) >= 11 is 3.30. The highest BCUT2D eigenvalue weighted by molar-refractivity contribution is 8.01. The summed E-state index contributed by atoms with van der Waals surface area (Å²) in [5, 5.41) is 5.98. The van der Waals surface area contributed by atoms with Crippen molar-refractivity contribution in [1.29, 1.82) is 0 Å². The Hall–Kier alpha value is -1.67. The van der Waals surface area contributed by atoms with Crippen LogP contribution in [-0.4, -0.2) is 57.5 Å². The van der Waals surface area contributed by atoms with Crippen molar-refractivity contribution in [2.45, 2.75) is 74.2 Å². The third kappa shape index (κ3) is 4.33. The number of carbonyl (C=O) groups excluding carboxylic acids is 3. The summed E-state index contributed by atoms with van der Waals surface area (Å²) < 4.78 is -0.454. The molecular formula is C23H31N3O3S2. The lowest BCUT2D eigenvalue weighted by molar-refractivity contribution is -0.132. The van der Waals surface area contributed by atoms with Crippen molar-refractivity contribution in [3.05, 3.63) is 35.4 Å². The molecule has 4 rings (SSSR count). The number of hydrogen-bond acceptors (Lipinski definition) is 5. The van der Waals surface area contributed by atoms with Gasteiger partial charge in [-0.25, -0.2) is 0 Å². The quantitative estimate of drug-likeness (QED) is 0.651. The highest BCUT2D eigenvalue weighted by Crippen LogP contribution is 2.56. The zero-order chi connectivity index (χ0) is 22.2. The Kier molecular flexibility index (Phi) is 6.58. The average Bonchev–Trinajstić information content (AvgIpc) is 3.41. The van der Waals surface area contributed by atoms with Gasteiger partial charge in [-0.05, 0) is 56.7 Å². The minimum atomic E-state index is -0.626. The maximum Gasteiger partial charge on any atom is 0.256 e. The number of benzene rings is 1. The number of fused-ring (bicyclic) bond motifs is 3. The van der Waals surface area contributed by atoms with Gasteiger partial charge in [-0.15, -0.1) is 11.8 Å². The van der Waals surface area contributed by atoms with E-state index >= 15 is 0 Å². The fraction of sp³-hybridized carbons (Fsp3) is 0.609. The second-order valence-corrected chi connectivity index (χ2v) is 11.8. The van der Waals surface area contributed by atoms with Crippen molar-refractivity contribution in [2.24, 2.45) is 0 Å². The van der Waals surface area contributed by atoms with Crippen molar-refractivity contribution in [3.8, 4) is 0 Å². The summed E-state index contributed by atoms with van der Waals surface area (Å²) in [5.41, 5.74) is 1.64. The molecule has 3 aliphatic rings. The highest BCUT2D eigenvalue weighted by atomic mass is 32.2. The Bertz CT molecular complexity index is 869. The molecule has 1 aromatic rings. The van der Waals surface area contributed by atoms with E-state index in [0.717, 1.165) is 37.0 Å². The van der Waals surface area contributed by atoms with E-state index in [1.165, 1.54) is 0 Å². The monoisotopic (exact) mass is 461 g/mol. The van der Waals surface area contributed by atoms with Gasteiger partial charge in [0.25, 0.3) is 5.91 Å². The number of thioether (sulfide) groups is 2. The first-order valence-corrected chi connectivity index (χ1v) is 13.3. The molecule has 3 atom stereocenters. The molecule has 0 bridgehead atoms. The van der Waals surface area contributed by atoms with Gasteiger partial charge in [-0.1, -0.05) is 31.0 Å². The zero-order valence-corrected chi connectivity index (χ0v) is 20.0. The fourth-order valence-electron chi connectivity index (χ4n) is 4.93. The van der Waals surface area contributed by atoms with E-state index in [2.05, 4.69) is 10.6 Å². The molecule has 2 fully saturated rings. The van der Waals surface area contributed by atoms with Gasteiger partial charge in [0, 0.05) is 16.4 Å². The number of nitrogens with zero attached hydrogens (tertiary/aromatic N) is 1. The summed E-state index contributed by atoms with van der Waals surface area (Å²) in [7, 11) is 0. The van der Waals surface area contributed by atoms with Gasteiger partial charge in [-0.3, -0.25) is 14.4 Å². The topological polar surface area (TPSA) is 78.5 Å². The first kappa shape index (κ1) is 22.5. The number of hydrogen-bond donors (Lipinski definition) is 2. The first-order valence-electron chi connectivity index (χ1n) is 11.0. The van der Waals surface area contributed by atoms with Crippen LogP contribution in [-0.2, 0) is 9.59 Å². The zero-order valence-electron chi connectivity index (χ0n) is 18.3. The van der Waals surface area contributed by atoms with Crippen LogP contribution in [0.25, 0.3) is 0 Å². The Labute approximate surface area is 192 Å². The van der Waals surface area contributed by atoms with E-state index in [0.29, 0.717) is 12.0 Å². The van der Waals surface area contributed by atoms with E-state index in [4.69, 9.17) is 0 Å². The van der Waals surface area contributed by atoms with Gasteiger partial charge in [0.1, 0.15) is 17.5 Å². The van der Waals surface area contributed by atoms with Crippen LogP contribution in [0.3, 0.4) is 0 Å². The molecule has 1 aliphatic carbocycles. The van der Waals surface area contributed by atoms with Crippen LogP contribution in [0.1, 0.15) is 67.2 Å². The standard InChI is InChI=1S/C23H31N3O3S2/c1-23(2)18(26-21(29)15-10-6-7-11-16(15)22(26)31-23)20(28)25-17(12-13-30-3)19(27)24-14-8-4-5-9-14/h6-7,10-11,14,17-18,22H,4-5,8-9,12-13H2,1-3H3,(H,24,27)(H,25,28)/t17-,18+,22?/m0/s1. The van der Waals surface area contributed by atoms with Crippen LogP contribution in [0.4, 0.5) is 0 Å². The fourth-order valence-corrected chi connectivity index (χ4v) is 6.99. The molecule has 2 N–H and O–H groups in total. The van der Waals surface area contributed by atoms with E-state index in [1.54, 1.807) is 28.4 Å². The summed E-state index contributed by atoms with van der Waals surface area (Å²) in [5.74, 6) is 0.330. The molecule has 6 nitrogen and oxygen atoms in total. The summed E-state index contributed by atoms with van der Waals surface area (Å²) in [6.45, 7) is 4.01. The van der Waals surface area contributed by atoms with Crippen LogP contribution >= 0.6 is 23.5 Å². The largest absolute Gasteiger partial charge is 0.352 e. The van der Waals surface area contributed by atoms with E-state index < -0.39 is 16.8 Å². The van der Waals surface area contributed by atoms with Crippen LogP contribution in [0, 0.1) is 0 Å². The number of amides is 3. The molecule has 168 valence electrons. The molecule has 1 saturated carbocycles. The molecule has 8 heteroatoms. The van der Waals surface area contributed by atoms with Crippen LogP contribution in [0.15, 0.2) is 24.3 Å². The van der Waals surface area contributed by atoms with Crippen molar-refractivity contribution in [1.82, 2.24) is 15.5 Å². The lowest BCUT2D eigenvalue weighted by Gasteiger charge is -2.31. The van der Waals surface area contributed by atoms with Gasteiger partial charge < -0.3 is 15.5 Å². The Morgan fingerprint density at radius 1 is 1.26 bits per heavy atom. The lowest BCUT2D eigenvalue weighted by Crippen LogP contribution is -2.57. The van der Waals surface area contributed by atoms with E-state index in [9.17, 15) is 14.4 Å². The van der Waals surface area contributed by atoms with Crippen molar-refractivity contribution in [2.75, 3.05) is 12.0 Å². The van der Waals surface area contributed by atoms with E-state index in [-0.39, 0.29) is 29.1 Å².